The van der Waals surface area contributed by atoms with Gasteiger partial charge in [-0.2, -0.15) is 0 Å². The fourth-order valence-electron chi connectivity index (χ4n) is 3.01. The molecule has 0 N–H and O–H groups in total. The molecule has 140 valence electrons. The average molecular weight is 388 g/mol. The Balaban J connectivity index is 1.75. The summed E-state index contributed by atoms with van der Waals surface area (Å²) in [6.45, 7) is 2.10. The maximum absolute atomic E-state index is 5.55. The van der Waals surface area contributed by atoms with E-state index in [9.17, 15) is 0 Å². The maximum atomic E-state index is 5.55. The van der Waals surface area contributed by atoms with Crippen molar-refractivity contribution in [2.24, 2.45) is 0 Å². The number of hydrogen-bond donors (Lipinski definition) is 0. The van der Waals surface area contributed by atoms with Gasteiger partial charge in [-0.1, -0.05) is 71.9 Å². The van der Waals surface area contributed by atoms with Crippen LogP contribution in [0.4, 0.5) is 0 Å². The largest absolute Gasteiger partial charge is 0.496 e. The monoisotopic (exact) mass is 387 g/mol. The number of ether oxygens (including phenoxy) is 1. The third-order valence-corrected chi connectivity index (χ3v) is 5.48. The maximum Gasteiger partial charge on any atom is 0.196 e. The second kappa shape index (κ2) is 8.31. The van der Waals surface area contributed by atoms with Crippen LogP contribution in [0.2, 0.25) is 0 Å². The van der Waals surface area contributed by atoms with Gasteiger partial charge in [0.1, 0.15) is 5.75 Å². The van der Waals surface area contributed by atoms with Crippen molar-refractivity contribution in [3.8, 4) is 22.8 Å². The Morgan fingerprint density at radius 1 is 0.857 bits per heavy atom. The number of aromatic nitrogens is 3. The molecular weight excluding hydrogens is 366 g/mol. The fraction of sp³-hybridized carbons (Fsp3) is 0.130. The number of nitrogens with zero attached hydrogens (tertiary/aromatic N) is 3. The Labute approximate surface area is 169 Å². The highest BCUT2D eigenvalue weighted by atomic mass is 32.2. The van der Waals surface area contributed by atoms with Crippen molar-refractivity contribution in [3.05, 3.63) is 90.0 Å². The molecule has 0 fully saturated rings. The predicted octanol–water partition coefficient (Wildman–Crippen LogP) is 5.54. The molecule has 28 heavy (non-hydrogen) atoms. The molecule has 0 saturated heterocycles. The van der Waals surface area contributed by atoms with Crippen molar-refractivity contribution >= 4 is 11.8 Å². The minimum atomic E-state index is 0.773. The molecule has 0 amide bonds. The third-order valence-electron chi connectivity index (χ3n) is 4.48. The zero-order chi connectivity index (χ0) is 19.3. The molecule has 5 heteroatoms. The van der Waals surface area contributed by atoms with Crippen LogP contribution in [0.5, 0.6) is 5.75 Å². The number of rotatable bonds is 6. The van der Waals surface area contributed by atoms with E-state index in [0.29, 0.717) is 0 Å². The lowest BCUT2D eigenvalue weighted by molar-refractivity contribution is 0.416. The van der Waals surface area contributed by atoms with E-state index in [1.54, 1.807) is 18.9 Å². The van der Waals surface area contributed by atoms with Gasteiger partial charge >= 0.3 is 0 Å². The van der Waals surface area contributed by atoms with Crippen molar-refractivity contribution in [2.45, 2.75) is 17.8 Å². The van der Waals surface area contributed by atoms with Gasteiger partial charge in [0.25, 0.3) is 0 Å². The SMILES string of the molecule is COc1ccccc1-c1nnc(SCc2ccc(C)cc2)n1-c1ccccc1. The molecule has 3 aromatic carbocycles. The fourth-order valence-corrected chi connectivity index (χ4v) is 3.92. The standard InChI is InChI=1S/C23H21N3OS/c1-17-12-14-18(15-13-17)16-28-23-25-24-22(20-10-6-7-11-21(20)27-2)26(23)19-8-4-3-5-9-19/h3-15H,16H2,1-2H3. The molecule has 0 radical (unpaired) electrons. The zero-order valence-electron chi connectivity index (χ0n) is 15.9. The first-order chi connectivity index (χ1) is 13.8. The van der Waals surface area contributed by atoms with Crippen LogP contribution >= 0.6 is 11.8 Å². The summed E-state index contributed by atoms with van der Waals surface area (Å²) < 4.78 is 7.65. The second-order valence-corrected chi connectivity index (χ2v) is 7.39. The molecule has 4 rings (SSSR count). The Hall–Kier alpha value is -3.05. The molecule has 0 aliphatic heterocycles. The van der Waals surface area contributed by atoms with Gasteiger partial charge in [0.2, 0.25) is 0 Å². The number of thioether (sulfide) groups is 1. The Morgan fingerprint density at radius 3 is 2.32 bits per heavy atom. The number of benzene rings is 3. The van der Waals surface area contributed by atoms with Crippen LogP contribution in [0.3, 0.4) is 0 Å². The Bertz CT molecular complexity index is 1060. The molecule has 0 unspecified atom stereocenters. The van der Waals surface area contributed by atoms with Gasteiger partial charge in [-0.15, -0.1) is 10.2 Å². The lowest BCUT2D eigenvalue weighted by Gasteiger charge is -2.12. The van der Waals surface area contributed by atoms with Gasteiger partial charge in [0.15, 0.2) is 11.0 Å². The van der Waals surface area contributed by atoms with Crippen LogP contribution in [0, 0.1) is 6.92 Å². The summed E-state index contributed by atoms with van der Waals surface area (Å²) in [6.07, 6.45) is 0. The van der Waals surface area contributed by atoms with Crippen LogP contribution in [0.25, 0.3) is 17.1 Å². The van der Waals surface area contributed by atoms with E-state index in [2.05, 4.69) is 58.1 Å². The van der Waals surface area contributed by atoms with E-state index in [1.807, 2.05) is 42.5 Å². The average Bonchev–Trinajstić information content (AvgIpc) is 3.17. The summed E-state index contributed by atoms with van der Waals surface area (Å²) >= 11 is 1.68. The highest BCUT2D eigenvalue weighted by Crippen LogP contribution is 2.34. The van der Waals surface area contributed by atoms with E-state index in [0.717, 1.165) is 33.7 Å². The highest BCUT2D eigenvalue weighted by molar-refractivity contribution is 7.98. The van der Waals surface area contributed by atoms with Gasteiger partial charge in [0, 0.05) is 11.4 Å². The van der Waals surface area contributed by atoms with Crippen LogP contribution in [0.1, 0.15) is 11.1 Å². The molecule has 4 nitrogen and oxygen atoms in total. The summed E-state index contributed by atoms with van der Waals surface area (Å²) in [5.74, 6) is 2.38. The van der Waals surface area contributed by atoms with Crippen LogP contribution in [-0.4, -0.2) is 21.9 Å². The summed E-state index contributed by atoms with van der Waals surface area (Å²) in [6, 6.07) is 26.7. The number of para-hydroxylation sites is 2. The van der Waals surface area contributed by atoms with Crippen molar-refractivity contribution in [2.75, 3.05) is 7.11 Å². The van der Waals surface area contributed by atoms with Crippen molar-refractivity contribution in [3.63, 3.8) is 0 Å². The summed E-state index contributed by atoms with van der Waals surface area (Å²) in [5.41, 5.74) is 4.47. The number of hydrogen-bond acceptors (Lipinski definition) is 4. The van der Waals surface area contributed by atoms with Gasteiger partial charge in [0.05, 0.1) is 12.7 Å². The molecule has 0 bridgehead atoms. The van der Waals surface area contributed by atoms with E-state index in [1.165, 1.54) is 11.1 Å². The molecule has 0 aliphatic rings. The normalized spacial score (nSPS) is 10.8. The minimum absolute atomic E-state index is 0.773. The van der Waals surface area contributed by atoms with Gasteiger partial charge in [-0.05, 0) is 36.8 Å². The molecule has 1 heterocycles. The minimum Gasteiger partial charge on any atom is -0.496 e. The lowest BCUT2D eigenvalue weighted by Crippen LogP contribution is -2.00. The first kappa shape index (κ1) is 18.3. The zero-order valence-corrected chi connectivity index (χ0v) is 16.7. The number of methoxy groups -OCH3 is 1. The first-order valence-electron chi connectivity index (χ1n) is 9.09. The van der Waals surface area contributed by atoms with E-state index in [-0.39, 0.29) is 0 Å². The van der Waals surface area contributed by atoms with Gasteiger partial charge in [-0.25, -0.2) is 0 Å². The predicted molar refractivity (Wildman–Crippen MR) is 114 cm³/mol. The molecular formula is C23H21N3OS. The topological polar surface area (TPSA) is 39.9 Å². The Morgan fingerprint density at radius 2 is 1.57 bits per heavy atom. The van der Waals surface area contributed by atoms with Crippen molar-refractivity contribution < 1.29 is 4.74 Å². The highest BCUT2D eigenvalue weighted by Gasteiger charge is 2.18. The summed E-state index contributed by atoms with van der Waals surface area (Å²) in [4.78, 5) is 0. The van der Waals surface area contributed by atoms with E-state index >= 15 is 0 Å². The van der Waals surface area contributed by atoms with E-state index < -0.39 is 0 Å². The number of aryl methyl sites for hydroxylation is 1. The van der Waals surface area contributed by atoms with Crippen molar-refractivity contribution in [1.82, 2.24) is 14.8 Å². The van der Waals surface area contributed by atoms with Crippen LogP contribution in [-0.2, 0) is 5.75 Å². The first-order valence-corrected chi connectivity index (χ1v) is 10.1. The summed E-state index contributed by atoms with van der Waals surface area (Å²) in [5, 5.41) is 9.86. The Kier molecular flexibility index (Phi) is 5.44. The van der Waals surface area contributed by atoms with Crippen LogP contribution < -0.4 is 4.74 Å². The molecule has 0 saturated carbocycles. The third kappa shape index (κ3) is 3.80. The van der Waals surface area contributed by atoms with Crippen LogP contribution in [0.15, 0.2) is 84.0 Å². The molecule has 0 atom stereocenters. The van der Waals surface area contributed by atoms with Gasteiger partial charge < -0.3 is 4.74 Å². The van der Waals surface area contributed by atoms with Gasteiger partial charge in [-0.3, -0.25) is 4.57 Å². The molecule has 1 aromatic heterocycles. The lowest BCUT2D eigenvalue weighted by atomic mass is 10.2. The summed E-state index contributed by atoms with van der Waals surface area (Å²) in [7, 11) is 1.68. The van der Waals surface area contributed by atoms with E-state index in [4.69, 9.17) is 4.74 Å². The molecule has 0 spiro atoms. The molecule has 4 aromatic rings. The van der Waals surface area contributed by atoms with Crippen molar-refractivity contribution in [1.29, 1.82) is 0 Å². The second-order valence-electron chi connectivity index (χ2n) is 6.45. The smallest absolute Gasteiger partial charge is 0.196 e. The molecule has 0 aliphatic carbocycles. The quantitative estimate of drug-likeness (QED) is 0.407.